The van der Waals surface area contributed by atoms with Gasteiger partial charge in [-0.15, -0.1) is 22.7 Å². The molecule has 11 N–H and O–H groups in total. The summed E-state index contributed by atoms with van der Waals surface area (Å²) in [4.78, 5) is 18.7. The number of hydrogen-bond acceptors (Lipinski definition) is 5. The molecule has 0 bridgehead atoms. The zero-order chi connectivity index (χ0) is 21.9. The van der Waals surface area contributed by atoms with Crippen molar-refractivity contribution in [1.29, 1.82) is 0 Å². The highest BCUT2D eigenvalue weighted by atomic mass is 32.1. The van der Waals surface area contributed by atoms with Crippen molar-refractivity contribution < 1.29 is 0 Å². The molecule has 0 aliphatic rings. The number of guanidine groups is 4. The minimum atomic E-state index is -0.110. The first kappa shape index (κ1) is 23.2. The Bertz CT molecular complexity index is 934. The van der Waals surface area contributed by atoms with Gasteiger partial charge in [-0.3, -0.25) is 15.3 Å². The molecule has 0 aromatic carbocycles. The third-order valence-corrected chi connectivity index (χ3v) is 5.78. The molecule has 0 aliphatic carbocycles. The smallest absolute Gasteiger partial charge is 0.218 e. The quantitative estimate of drug-likeness (QED) is 0.247. The average Bonchev–Trinajstić information content (AvgIpc) is 3.28. The van der Waals surface area contributed by atoms with Gasteiger partial charge in [-0.05, 0) is 53.8 Å². The fraction of sp³-hybridized carbons (Fsp3) is 0.333. The average molecular weight is 449 g/mol. The van der Waals surface area contributed by atoms with Gasteiger partial charge in [0.1, 0.15) is 0 Å². The lowest BCUT2D eigenvalue weighted by molar-refractivity contribution is 0.950. The minimum absolute atomic E-state index is 0.0682. The molecule has 0 saturated carbocycles. The molecule has 0 unspecified atom stereocenters. The number of nitrogens with one attached hydrogen (secondary N) is 1. The number of hydrogen-bond donors (Lipinski definition) is 6. The third kappa shape index (κ3) is 8.49. The molecule has 2 aromatic rings. The molecule has 0 amide bonds. The van der Waals surface area contributed by atoms with Crippen molar-refractivity contribution in [3.63, 3.8) is 0 Å². The monoisotopic (exact) mass is 448 g/mol. The Hall–Kier alpha value is -3.12. The highest BCUT2D eigenvalue weighted by Crippen LogP contribution is 2.16. The van der Waals surface area contributed by atoms with Gasteiger partial charge < -0.3 is 28.7 Å². The number of nitrogens with zero attached hydrogens (tertiary/aromatic N) is 4. The van der Waals surface area contributed by atoms with Crippen LogP contribution in [-0.4, -0.2) is 36.9 Å². The molecule has 0 atom stereocenters. The second-order valence-corrected chi connectivity index (χ2v) is 8.41. The summed E-state index contributed by atoms with van der Waals surface area (Å²) in [6.45, 7) is 3.63. The topological polar surface area (TPSA) is 192 Å². The van der Waals surface area contributed by atoms with Crippen LogP contribution in [0.15, 0.2) is 42.9 Å². The molecule has 0 fully saturated rings. The number of aliphatic imine (C=N–C) groups is 4. The van der Waals surface area contributed by atoms with Crippen LogP contribution in [0, 0.1) is 6.92 Å². The number of rotatable bonds is 8. The van der Waals surface area contributed by atoms with Gasteiger partial charge in [0, 0.05) is 22.8 Å². The summed E-state index contributed by atoms with van der Waals surface area (Å²) in [5.74, 6) is 0.444. The first-order chi connectivity index (χ1) is 14.3. The van der Waals surface area contributed by atoms with Gasteiger partial charge in [0.25, 0.3) is 0 Å². The van der Waals surface area contributed by atoms with Crippen LogP contribution in [0.1, 0.15) is 20.9 Å². The Labute approximate surface area is 183 Å². The van der Waals surface area contributed by atoms with Gasteiger partial charge in [-0.1, -0.05) is 0 Å². The van der Waals surface area contributed by atoms with Crippen molar-refractivity contribution in [2.75, 3.05) is 13.1 Å². The molecule has 2 aromatic heterocycles. The van der Waals surface area contributed by atoms with Crippen molar-refractivity contribution in [2.24, 2.45) is 48.6 Å². The maximum atomic E-state index is 5.89. The zero-order valence-corrected chi connectivity index (χ0v) is 18.5. The van der Waals surface area contributed by atoms with Crippen molar-refractivity contribution >= 4 is 46.5 Å². The molecule has 10 nitrogen and oxygen atoms in total. The second-order valence-electron chi connectivity index (χ2n) is 6.29. The van der Waals surface area contributed by atoms with Crippen LogP contribution >= 0.6 is 22.7 Å². The molecular weight excluding hydrogens is 420 g/mol. The Balaban J connectivity index is 1.76. The van der Waals surface area contributed by atoms with Gasteiger partial charge in [0.05, 0.1) is 6.54 Å². The van der Waals surface area contributed by atoms with E-state index in [9.17, 15) is 0 Å². The van der Waals surface area contributed by atoms with Crippen molar-refractivity contribution in [1.82, 2.24) is 5.32 Å². The standard InChI is InChI=1S/C18H28N10S2/c1-11-13(4-7-29-11)3-6-25-17(22)28-18(23)26-9-14-8-12(10-30-14)2-5-24-16(21)27-15(19)20/h4,7-8,10H,2-3,5-6,9H2,1H3,(H6,19,20,21,24,27)(H5,22,23,25,26,28). The van der Waals surface area contributed by atoms with E-state index in [-0.39, 0.29) is 23.8 Å². The van der Waals surface area contributed by atoms with E-state index < -0.39 is 0 Å². The van der Waals surface area contributed by atoms with Crippen LogP contribution in [0.3, 0.4) is 0 Å². The molecule has 2 heterocycles. The first-order valence-electron chi connectivity index (χ1n) is 9.19. The summed E-state index contributed by atoms with van der Waals surface area (Å²) in [5.41, 5.74) is 30.2. The summed E-state index contributed by atoms with van der Waals surface area (Å²) in [7, 11) is 0. The lowest BCUT2D eigenvalue weighted by atomic mass is 10.2. The molecule has 0 spiro atoms. The summed E-state index contributed by atoms with van der Waals surface area (Å²) in [5, 5.41) is 6.93. The Kier molecular flexibility index (Phi) is 9.09. The van der Waals surface area contributed by atoms with E-state index in [2.05, 4.69) is 43.7 Å². The van der Waals surface area contributed by atoms with Crippen molar-refractivity contribution in [3.8, 4) is 0 Å². The molecule has 12 heteroatoms. The van der Waals surface area contributed by atoms with Crippen molar-refractivity contribution in [3.05, 3.63) is 43.8 Å². The van der Waals surface area contributed by atoms with E-state index in [1.54, 1.807) is 22.7 Å². The molecule has 0 radical (unpaired) electrons. The number of aryl methyl sites for hydroxylation is 1. The largest absolute Gasteiger partial charge is 0.370 e. The zero-order valence-electron chi connectivity index (χ0n) is 16.8. The van der Waals surface area contributed by atoms with E-state index in [1.807, 2.05) is 11.4 Å². The van der Waals surface area contributed by atoms with Crippen LogP contribution in [0.2, 0.25) is 0 Å². The van der Waals surface area contributed by atoms with Crippen LogP contribution in [0.4, 0.5) is 0 Å². The van der Waals surface area contributed by atoms with E-state index in [1.165, 1.54) is 10.4 Å². The van der Waals surface area contributed by atoms with E-state index in [0.717, 1.165) is 23.3 Å². The Morgan fingerprint density at radius 3 is 2.40 bits per heavy atom. The highest BCUT2D eigenvalue weighted by Gasteiger charge is 2.02. The number of nitrogens with two attached hydrogens (primary N) is 5. The Morgan fingerprint density at radius 1 is 0.967 bits per heavy atom. The Morgan fingerprint density at radius 2 is 1.70 bits per heavy atom. The van der Waals surface area contributed by atoms with Gasteiger partial charge in [0.15, 0.2) is 17.9 Å². The lowest BCUT2D eigenvalue weighted by Gasteiger charge is -2.04. The fourth-order valence-corrected chi connectivity index (χ4v) is 4.05. The highest BCUT2D eigenvalue weighted by molar-refractivity contribution is 7.10. The van der Waals surface area contributed by atoms with Gasteiger partial charge in [-0.25, -0.2) is 4.99 Å². The fourth-order valence-electron chi connectivity index (χ4n) is 2.45. The minimum Gasteiger partial charge on any atom is -0.370 e. The summed E-state index contributed by atoms with van der Waals surface area (Å²) < 4.78 is 0. The third-order valence-electron chi connectivity index (χ3n) is 3.92. The van der Waals surface area contributed by atoms with Gasteiger partial charge in [0.2, 0.25) is 5.96 Å². The molecule has 162 valence electrons. The predicted molar refractivity (Wildman–Crippen MR) is 128 cm³/mol. The SMILES string of the molecule is Cc1sccc1CCN=C(N)NC(N)=NCc1cc(CCN=C(N)N=C(N)N)cs1. The summed E-state index contributed by atoms with van der Waals surface area (Å²) in [6.07, 6.45) is 1.56. The predicted octanol–water partition coefficient (Wildman–Crippen LogP) is 0.210. The summed E-state index contributed by atoms with van der Waals surface area (Å²) >= 11 is 3.32. The van der Waals surface area contributed by atoms with Crippen LogP contribution in [0.25, 0.3) is 0 Å². The van der Waals surface area contributed by atoms with Gasteiger partial charge in [-0.2, -0.15) is 4.99 Å². The van der Waals surface area contributed by atoms with Crippen LogP contribution < -0.4 is 34.0 Å². The molecule has 30 heavy (non-hydrogen) atoms. The molecule has 2 rings (SSSR count). The van der Waals surface area contributed by atoms with Crippen molar-refractivity contribution in [2.45, 2.75) is 26.3 Å². The van der Waals surface area contributed by atoms with Crippen LogP contribution in [0.5, 0.6) is 0 Å². The van der Waals surface area contributed by atoms with Crippen LogP contribution in [-0.2, 0) is 19.4 Å². The van der Waals surface area contributed by atoms with E-state index in [0.29, 0.717) is 19.6 Å². The molecular formula is C18H28N10S2. The van der Waals surface area contributed by atoms with E-state index in [4.69, 9.17) is 28.7 Å². The second kappa shape index (κ2) is 11.8. The number of thiophene rings is 2. The normalized spacial score (nSPS) is 12.8. The van der Waals surface area contributed by atoms with E-state index >= 15 is 0 Å². The first-order valence-corrected chi connectivity index (χ1v) is 10.9. The summed E-state index contributed by atoms with van der Waals surface area (Å²) in [6, 6.07) is 4.16. The molecule has 0 saturated heterocycles. The maximum Gasteiger partial charge on any atom is 0.218 e. The molecule has 0 aliphatic heterocycles. The lowest BCUT2D eigenvalue weighted by Crippen LogP contribution is -2.41. The maximum absolute atomic E-state index is 5.89. The van der Waals surface area contributed by atoms with Gasteiger partial charge >= 0.3 is 0 Å².